The molecule has 5 nitrogen and oxygen atoms in total. The maximum Gasteiger partial charge on any atom is 0.336 e. The van der Waals surface area contributed by atoms with Crippen molar-refractivity contribution in [2.24, 2.45) is 0 Å². The Kier molecular flexibility index (Phi) is 4.10. The molecular weight excluding hydrogens is 296 g/mol. The number of hydrogen-bond donors (Lipinski definition) is 0. The molecule has 2 aromatic carbocycles. The van der Waals surface area contributed by atoms with Crippen LogP contribution in [0.1, 0.15) is 10.4 Å². The van der Waals surface area contributed by atoms with Gasteiger partial charge in [0.25, 0.3) is 0 Å². The Morgan fingerprint density at radius 2 is 1.87 bits per heavy atom. The van der Waals surface area contributed by atoms with Gasteiger partial charge in [0.15, 0.2) is 6.61 Å². The predicted molar refractivity (Wildman–Crippen MR) is 85.3 cm³/mol. The van der Waals surface area contributed by atoms with Gasteiger partial charge in [-0.2, -0.15) is 0 Å². The first-order valence-electron chi connectivity index (χ1n) is 7.00. The van der Waals surface area contributed by atoms with Crippen molar-refractivity contribution in [1.82, 2.24) is 0 Å². The topological polar surface area (TPSA) is 65.7 Å². The molecule has 0 aliphatic carbocycles. The molecular formula is C18H14O5. The quantitative estimate of drug-likeness (QED) is 0.535. The number of Topliss-reactive ketones (excluding diaryl/α,β-unsaturated/α-hetero) is 1. The van der Waals surface area contributed by atoms with Crippen LogP contribution in [0.2, 0.25) is 0 Å². The van der Waals surface area contributed by atoms with E-state index < -0.39 is 5.63 Å². The lowest BCUT2D eigenvalue weighted by molar-refractivity contribution is 0.0918. The minimum absolute atomic E-state index is 0.136. The third-order valence-electron chi connectivity index (χ3n) is 3.37. The highest BCUT2D eigenvalue weighted by Gasteiger charge is 2.12. The molecule has 0 radical (unpaired) electrons. The van der Waals surface area contributed by atoms with Crippen LogP contribution in [0.4, 0.5) is 0 Å². The normalized spacial score (nSPS) is 10.5. The molecule has 0 fully saturated rings. The Morgan fingerprint density at radius 3 is 2.70 bits per heavy atom. The van der Waals surface area contributed by atoms with Crippen molar-refractivity contribution in [2.45, 2.75) is 0 Å². The first-order valence-corrected chi connectivity index (χ1v) is 7.00. The summed E-state index contributed by atoms with van der Waals surface area (Å²) in [5.74, 6) is 0.762. The lowest BCUT2D eigenvalue weighted by Crippen LogP contribution is -2.12. The number of carbonyl (C=O) groups excluding carboxylic acids is 1. The van der Waals surface area contributed by atoms with Gasteiger partial charge in [-0.1, -0.05) is 12.1 Å². The second kappa shape index (κ2) is 6.36. The Bertz CT molecular complexity index is 910. The van der Waals surface area contributed by atoms with Crippen LogP contribution in [0, 0.1) is 0 Å². The van der Waals surface area contributed by atoms with Crippen molar-refractivity contribution in [3.8, 4) is 11.5 Å². The minimum atomic E-state index is -0.431. The molecule has 0 amide bonds. The van der Waals surface area contributed by atoms with Gasteiger partial charge in [-0.25, -0.2) is 4.79 Å². The van der Waals surface area contributed by atoms with Crippen molar-refractivity contribution in [1.29, 1.82) is 0 Å². The van der Waals surface area contributed by atoms with Gasteiger partial charge in [-0.3, -0.25) is 4.79 Å². The smallest absolute Gasteiger partial charge is 0.336 e. The number of para-hydroxylation sites is 1. The number of ether oxygens (including phenoxy) is 2. The number of hydrogen-bond acceptors (Lipinski definition) is 5. The highest BCUT2D eigenvalue weighted by Crippen LogP contribution is 2.21. The summed E-state index contributed by atoms with van der Waals surface area (Å²) >= 11 is 0. The maximum absolute atomic E-state index is 12.2. The molecule has 0 bridgehead atoms. The van der Waals surface area contributed by atoms with Gasteiger partial charge in [0.1, 0.15) is 17.1 Å². The van der Waals surface area contributed by atoms with Crippen LogP contribution in [0.5, 0.6) is 11.5 Å². The van der Waals surface area contributed by atoms with Gasteiger partial charge in [0.05, 0.1) is 12.7 Å². The van der Waals surface area contributed by atoms with Gasteiger partial charge in [-0.05, 0) is 30.3 Å². The minimum Gasteiger partial charge on any atom is -0.496 e. The maximum atomic E-state index is 12.2. The van der Waals surface area contributed by atoms with Gasteiger partial charge < -0.3 is 13.9 Å². The van der Waals surface area contributed by atoms with E-state index in [1.807, 2.05) is 0 Å². The number of carbonyl (C=O) groups is 1. The van der Waals surface area contributed by atoms with E-state index in [1.165, 1.54) is 13.2 Å². The summed E-state index contributed by atoms with van der Waals surface area (Å²) in [6, 6.07) is 15.1. The highest BCUT2D eigenvalue weighted by molar-refractivity contribution is 5.99. The van der Waals surface area contributed by atoms with Crippen molar-refractivity contribution < 1.29 is 18.7 Å². The number of methoxy groups -OCH3 is 1. The molecule has 0 saturated heterocycles. The lowest BCUT2D eigenvalue weighted by Gasteiger charge is -2.09. The average Bonchev–Trinajstić information content (AvgIpc) is 2.59. The van der Waals surface area contributed by atoms with E-state index in [2.05, 4.69) is 0 Å². The van der Waals surface area contributed by atoms with E-state index in [4.69, 9.17) is 13.9 Å². The molecule has 1 aromatic heterocycles. The van der Waals surface area contributed by atoms with Gasteiger partial charge in [0.2, 0.25) is 5.78 Å². The zero-order chi connectivity index (χ0) is 16.2. The molecule has 0 atom stereocenters. The predicted octanol–water partition coefficient (Wildman–Crippen LogP) is 3.06. The first kappa shape index (κ1) is 14.8. The van der Waals surface area contributed by atoms with Crippen LogP contribution in [0.3, 0.4) is 0 Å². The fraction of sp³-hybridized carbons (Fsp3) is 0.111. The first-order chi connectivity index (χ1) is 11.2. The standard InChI is InChI=1S/C18H14O5/c1-21-16-5-3-2-4-14(16)15(19)11-22-13-8-6-12-7-9-18(20)23-17(12)10-13/h2-10H,11H2,1H3. The molecule has 1 heterocycles. The van der Waals surface area contributed by atoms with E-state index in [9.17, 15) is 9.59 Å². The van der Waals surface area contributed by atoms with Crippen LogP contribution < -0.4 is 15.1 Å². The molecule has 23 heavy (non-hydrogen) atoms. The van der Waals surface area contributed by atoms with Crippen molar-refractivity contribution in [3.05, 3.63) is 70.6 Å². The molecule has 3 rings (SSSR count). The largest absolute Gasteiger partial charge is 0.496 e. The summed E-state index contributed by atoms with van der Waals surface area (Å²) in [4.78, 5) is 23.5. The average molecular weight is 310 g/mol. The van der Waals surface area contributed by atoms with E-state index in [1.54, 1.807) is 48.5 Å². The summed E-state index contributed by atoms with van der Waals surface area (Å²) in [7, 11) is 1.51. The molecule has 116 valence electrons. The highest BCUT2D eigenvalue weighted by atomic mass is 16.5. The summed E-state index contributed by atoms with van der Waals surface area (Å²) < 4.78 is 15.8. The van der Waals surface area contributed by atoms with E-state index >= 15 is 0 Å². The van der Waals surface area contributed by atoms with E-state index in [0.29, 0.717) is 22.6 Å². The molecule has 0 spiro atoms. The summed E-state index contributed by atoms with van der Waals surface area (Å²) in [6.07, 6.45) is 0. The number of rotatable bonds is 5. The van der Waals surface area contributed by atoms with Crippen LogP contribution >= 0.6 is 0 Å². The van der Waals surface area contributed by atoms with E-state index in [-0.39, 0.29) is 12.4 Å². The third kappa shape index (κ3) is 3.23. The summed E-state index contributed by atoms with van der Waals surface area (Å²) in [5.41, 5.74) is 0.446. The molecule has 0 aliphatic heterocycles. The number of benzene rings is 2. The van der Waals surface area contributed by atoms with Crippen LogP contribution in [-0.2, 0) is 0 Å². The SMILES string of the molecule is COc1ccccc1C(=O)COc1ccc2ccc(=O)oc2c1. The third-order valence-corrected chi connectivity index (χ3v) is 3.37. The number of ketones is 1. The molecule has 0 saturated carbocycles. The fourth-order valence-corrected chi connectivity index (χ4v) is 2.23. The Balaban J connectivity index is 1.77. The van der Waals surface area contributed by atoms with E-state index in [0.717, 1.165) is 5.39 Å². The fourth-order valence-electron chi connectivity index (χ4n) is 2.23. The van der Waals surface area contributed by atoms with Crippen LogP contribution in [0.25, 0.3) is 11.0 Å². The van der Waals surface area contributed by atoms with Crippen LogP contribution in [-0.4, -0.2) is 19.5 Å². The van der Waals surface area contributed by atoms with Crippen molar-refractivity contribution >= 4 is 16.8 Å². The van der Waals surface area contributed by atoms with Gasteiger partial charge >= 0.3 is 5.63 Å². The van der Waals surface area contributed by atoms with Crippen molar-refractivity contribution in [2.75, 3.05) is 13.7 Å². The summed E-state index contributed by atoms with van der Waals surface area (Å²) in [5, 5.41) is 0.785. The molecule has 0 unspecified atom stereocenters. The lowest BCUT2D eigenvalue weighted by atomic mass is 10.1. The Hall–Kier alpha value is -3.08. The van der Waals surface area contributed by atoms with Gasteiger partial charge in [0, 0.05) is 17.5 Å². The van der Waals surface area contributed by atoms with Crippen molar-refractivity contribution in [3.63, 3.8) is 0 Å². The second-order valence-electron chi connectivity index (χ2n) is 4.87. The van der Waals surface area contributed by atoms with Crippen LogP contribution in [0.15, 0.2) is 63.8 Å². The Morgan fingerprint density at radius 1 is 1.09 bits per heavy atom. The summed E-state index contributed by atoms with van der Waals surface area (Å²) in [6.45, 7) is -0.136. The molecule has 5 heteroatoms. The molecule has 3 aromatic rings. The monoisotopic (exact) mass is 310 g/mol. The second-order valence-corrected chi connectivity index (χ2v) is 4.87. The molecule has 0 aliphatic rings. The number of fused-ring (bicyclic) bond motifs is 1. The Labute approximate surface area is 132 Å². The van der Waals surface area contributed by atoms with Gasteiger partial charge in [-0.15, -0.1) is 0 Å². The molecule has 0 N–H and O–H groups in total. The zero-order valence-corrected chi connectivity index (χ0v) is 12.4. The zero-order valence-electron chi connectivity index (χ0n) is 12.4.